The van der Waals surface area contributed by atoms with E-state index in [1.807, 2.05) is 0 Å². The monoisotopic (exact) mass is 191 g/mol. The van der Waals surface area contributed by atoms with Crippen molar-refractivity contribution in [2.75, 3.05) is 13.1 Å². The van der Waals surface area contributed by atoms with E-state index in [-0.39, 0.29) is 0 Å². The lowest BCUT2D eigenvalue weighted by Gasteiger charge is -2.42. The molecule has 1 N–H and O–H groups in total. The Labute approximate surface area is 87.3 Å². The average Bonchev–Trinajstić information content (AvgIpc) is 2.19. The van der Waals surface area contributed by atoms with Crippen LogP contribution in [0.5, 0.6) is 0 Å². The molecule has 1 fully saturated rings. The fraction of sp³-hybridized carbons (Fsp3) is 0.692. The van der Waals surface area contributed by atoms with Gasteiger partial charge in [0.2, 0.25) is 0 Å². The van der Waals surface area contributed by atoms with Gasteiger partial charge in [0, 0.05) is 18.5 Å². The van der Waals surface area contributed by atoms with Crippen molar-refractivity contribution in [1.82, 2.24) is 5.32 Å². The van der Waals surface area contributed by atoms with Gasteiger partial charge in [-0.1, -0.05) is 37.5 Å². The minimum absolute atomic E-state index is 0.447. The lowest BCUT2D eigenvalue weighted by atomic mass is 9.66. The molecule has 1 spiro atoms. The van der Waals surface area contributed by atoms with Crippen molar-refractivity contribution in [1.29, 1.82) is 0 Å². The highest BCUT2D eigenvalue weighted by Crippen LogP contribution is 2.44. The molecule has 1 aliphatic carbocycles. The third-order valence-corrected chi connectivity index (χ3v) is 3.90. The molecule has 2 rings (SSSR count). The summed E-state index contributed by atoms with van der Waals surface area (Å²) in [7, 11) is 0. The first-order chi connectivity index (χ1) is 6.78. The standard InChI is InChI=1S/C13H21N/c1-3-12-11(2)9-14-10-13(12)7-5-4-6-8-13/h3,14H,1,4-10H2,2H3. The van der Waals surface area contributed by atoms with E-state index in [4.69, 9.17) is 0 Å². The zero-order chi connectivity index (χ0) is 10.0. The van der Waals surface area contributed by atoms with E-state index in [1.165, 1.54) is 44.2 Å². The molecule has 78 valence electrons. The van der Waals surface area contributed by atoms with E-state index in [0.717, 1.165) is 6.54 Å². The van der Waals surface area contributed by atoms with E-state index in [2.05, 4.69) is 24.9 Å². The lowest BCUT2D eigenvalue weighted by molar-refractivity contribution is 0.225. The Kier molecular flexibility index (Phi) is 2.78. The van der Waals surface area contributed by atoms with Crippen molar-refractivity contribution in [3.63, 3.8) is 0 Å². The SMILES string of the molecule is C=CC1=C(C)CNCC12CCCCC2. The average molecular weight is 191 g/mol. The first-order valence-corrected chi connectivity index (χ1v) is 5.82. The Morgan fingerprint density at radius 2 is 2.00 bits per heavy atom. The van der Waals surface area contributed by atoms with Gasteiger partial charge in [0.25, 0.3) is 0 Å². The van der Waals surface area contributed by atoms with Crippen LogP contribution in [0.2, 0.25) is 0 Å². The van der Waals surface area contributed by atoms with Crippen molar-refractivity contribution < 1.29 is 0 Å². The summed E-state index contributed by atoms with van der Waals surface area (Å²) in [6, 6.07) is 0. The van der Waals surface area contributed by atoms with Crippen molar-refractivity contribution >= 4 is 0 Å². The molecule has 14 heavy (non-hydrogen) atoms. The molecule has 1 nitrogen and oxygen atoms in total. The quantitative estimate of drug-likeness (QED) is 0.671. The zero-order valence-electron chi connectivity index (χ0n) is 9.23. The molecule has 0 aromatic carbocycles. The van der Waals surface area contributed by atoms with Crippen LogP contribution in [0.15, 0.2) is 23.8 Å². The summed E-state index contributed by atoms with van der Waals surface area (Å²) >= 11 is 0. The van der Waals surface area contributed by atoms with Gasteiger partial charge in [-0.05, 0) is 25.3 Å². The normalized spacial score (nSPS) is 26.6. The van der Waals surface area contributed by atoms with E-state index in [0.29, 0.717) is 5.41 Å². The second-order valence-electron chi connectivity index (χ2n) is 4.84. The largest absolute Gasteiger partial charge is 0.312 e. The van der Waals surface area contributed by atoms with Gasteiger partial charge >= 0.3 is 0 Å². The number of nitrogens with one attached hydrogen (secondary N) is 1. The second-order valence-corrected chi connectivity index (χ2v) is 4.84. The molecular weight excluding hydrogens is 170 g/mol. The predicted octanol–water partition coefficient (Wildman–Crippen LogP) is 3.04. The van der Waals surface area contributed by atoms with Gasteiger partial charge in [-0.2, -0.15) is 0 Å². The van der Waals surface area contributed by atoms with Crippen molar-refractivity contribution in [3.8, 4) is 0 Å². The molecule has 0 saturated heterocycles. The van der Waals surface area contributed by atoms with Gasteiger partial charge in [-0.3, -0.25) is 0 Å². The maximum atomic E-state index is 4.00. The molecule has 2 aliphatic rings. The highest BCUT2D eigenvalue weighted by molar-refractivity contribution is 5.34. The van der Waals surface area contributed by atoms with Gasteiger partial charge in [0.05, 0.1) is 0 Å². The molecule has 1 heterocycles. The fourth-order valence-corrected chi connectivity index (χ4v) is 3.20. The van der Waals surface area contributed by atoms with Crippen LogP contribution in [0.3, 0.4) is 0 Å². The smallest absolute Gasteiger partial charge is 0.0168 e. The predicted molar refractivity (Wildman–Crippen MR) is 61.3 cm³/mol. The summed E-state index contributed by atoms with van der Waals surface area (Å²) in [6.45, 7) is 8.48. The van der Waals surface area contributed by atoms with Crippen LogP contribution in [0, 0.1) is 5.41 Å². The second kappa shape index (κ2) is 3.90. The molecule has 0 amide bonds. The third-order valence-electron chi connectivity index (χ3n) is 3.90. The Morgan fingerprint density at radius 1 is 1.29 bits per heavy atom. The van der Waals surface area contributed by atoms with Gasteiger partial charge in [0.15, 0.2) is 0 Å². The number of rotatable bonds is 1. The van der Waals surface area contributed by atoms with Crippen LogP contribution in [0.1, 0.15) is 39.0 Å². The van der Waals surface area contributed by atoms with E-state index in [1.54, 1.807) is 5.57 Å². The minimum atomic E-state index is 0.447. The fourth-order valence-electron chi connectivity index (χ4n) is 3.20. The summed E-state index contributed by atoms with van der Waals surface area (Å²) in [5, 5.41) is 3.55. The summed E-state index contributed by atoms with van der Waals surface area (Å²) in [5.74, 6) is 0. The first kappa shape index (κ1) is 9.97. The van der Waals surface area contributed by atoms with E-state index < -0.39 is 0 Å². The third kappa shape index (κ3) is 1.54. The van der Waals surface area contributed by atoms with E-state index in [9.17, 15) is 0 Å². The number of allylic oxidation sites excluding steroid dienone is 1. The Balaban J connectivity index is 2.31. The molecule has 1 saturated carbocycles. The highest BCUT2D eigenvalue weighted by Gasteiger charge is 2.36. The van der Waals surface area contributed by atoms with E-state index >= 15 is 0 Å². The van der Waals surface area contributed by atoms with Crippen molar-refractivity contribution in [2.24, 2.45) is 5.41 Å². The number of hydrogen-bond donors (Lipinski definition) is 1. The molecule has 0 aromatic rings. The summed E-state index contributed by atoms with van der Waals surface area (Å²) in [4.78, 5) is 0. The Hall–Kier alpha value is -0.560. The summed E-state index contributed by atoms with van der Waals surface area (Å²) in [5.41, 5.74) is 3.51. The van der Waals surface area contributed by atoms with Gasteiger partial charge in [-0.15, -0.1) is 0 Å². The maximum absolute atomic E-state index is 4.00. The Morgan fingerprint density at radius 3 is 2.64 bits per heavy atom. The molecule has 1 heteroatoms. The molecule has 0 unspecified atom stereocenters. The van der Waals surface area contributed by atoms with Gasteiger partial charge in [0.1, 0.15) is 0 Å². The zero-order valence-corrected chi connectivity index (χ0v) is 9.23. The van der Waals surface area contributed by atoms with Crippen molar-refractivity contribution in [2.45, 2.75) is 39.0 Å². The van der Waals surface area contributed by atoms with Crippen LogP contribution in [-0.4, -0.2) is 13.1 Å². The van der Waals surface area contributed by atoms with Crippen LogP contribution in [0.4, 0.5) is 0 Å². The van der Waals surface area contributed by atoms with Crippen LogP contribution in [0.25, 0.3) is 0 Å². The van der Waals surface area contributed by atoms with Crippen molar-refractivity contribution in [3.05, 3.63) is 23.8 Å². The first-order valence-electron chi connectivity index (χ1n) is 5.82. The maximum Gasteiger partial charge on any atom is 0.0168 e. The molecule has 0 atom stereocenters. The molecule has 0 bridgehead atoms. The number of hydrogen-bond acceptors (Lipinski definition) is 1. The van der Waals surface area contributed by atoms with Gasteiger partial charge in [-0.25, -0.2) is 0 Å². The van der Waals surface area contributed by atoms with Crippen LogP contribution >= 0.6 is 0 Å². The van der Waals surface area contributed by atoms with Crippen LogP contribution < -0.4 is 5.32 Å². The van der Waals surface area contributed by atoms with Crippen LogP contribution in [-0.2, 0) is 0 Å². The molecule has 0 aromatic heterocycles. The lowest BCUT2D eigenvalue weighted by Crippen LogP contribution is -2.42. The molecule has 0 radical (unpaired) electrons. The Bertz CT molecular complexity index is 256. The summed E-state index contributed by atoms with van der Waals surface area (Å²) < 4.78 is 0. The summed E-state index contributed by atoms with van der Waals surface area (Å²) in [6.07, 6.45) is 9.04. The van der Waals surface area contributed by atoms with Gasteiger partial charge < -0.3 is 5.32 Å². The molecular formula is C13H21N. The topological polar surface area (TPSA) is 12.0 Å². The molecule has 1 aliphatic heterocycles. The minimum Gasteiger partial charge on any atom is -0.312 e. The highest BCUT2D eigenvalue weighted by atomic mass is 14.9.